The Labute approximate surface area is 261 Å². The molecule has 4 heteroatoms. The molecule has 45 heavy (non-hydrogen) atoms. The molecule has 0 aliphatic heterocycles. The summed E-state index contributed by atoms with van der Waals surface area (Å²) in [5, 5.41) is 2.09. The second-order valence-electron chi connectivity index (χ2n) is 11.9. The van der Waals surface area contributed by atoms with Crippen LogP contribution in [0, 0.1) is 5.92 Å². The Morgan fingerprint density at radius 3 is 2.40 bits per heavy atom. The van der Waals surface area contributed by atoms with Crippen molar-refractivity contribution in [3.05, 3.63) is 162 Å². The molecule has 214 valence electrons. The van der Waals surface area contributed by atoms with Gasteiger partial charge in [-0.25, -0.2) is 15.0 Å². The summed E-state index contributed by atoms with van der Waals surface area (Å²) in [5.41, 5.74) is 8.45. The minimum atomic E-state index is 0.235. The Bertz CT molecular complexity index is 2270. The molecule has 0 spiro atoms. The highest BCUT2D eigenvalue weighted by molar-refractivity contribution is 6.12. The van der Waals surface area contributed by atoms with Crippen molar-refractivity contribution in [3.8, 4) is 22.8 Å². The van der Waals surface area contributed by atoms with Crippen LogP contribution in [0.25, 0.3) is 56.4 Å². The van der Waals surface area contributed by atoms with Crippen molar-refractivity contribution in [2.45, 2.75) is 18.3 Å². The van der Waals surface area contributed by atoms with Crippen LogP contribution >= 0.6 is 0 Å². The van der Waals surface area contributed by atoms with Crippen LogP contribution in [0.1, 0.15) is 40.8 Å². The molecule has 0 fully saturated rings. The lowest BCUT2D eigenvalue weighted by atomic mass is 9.76. The van der Waals surface area contributed by atoms with Crippen LogP contribution in [-0.4, -0.2) is 15.0 Å². The van der Waals surface area contributed by atoms with Gasteiger partial charge in [-0.15, -0.1) is 0 Å². The van der Waals surface area contributed by atoms with E-state index < -0.39 is 0 Å². The van der Waals surface area contributed by atoms with Crippen molar-refractivity contribution in [1.29, 1.82) is 0 Å². The van der Waals surface area contributed by atoms with E-state index in [4.69, 9.17) is 19.4 Å². The van der Waals surface area contributed by atoms with Gasteiger partial charge < -0.3 is 4.42 Å². The lowest BCUT2D eigenvalue weighted by Crippen LogP contribution is -2.15. The number of rotatable bonds is 4. The molecular formula is C41H29N3O. The van der Waals surface area contributed by atoms with E-state index in [1.54, 1.807) is 0 Å². The predicted octanol–water partition coefficient (Wildman–Crippen LogP) is 10.1. The van der Waals surface area contributed by atoms with E-state index in [1.165, 1.54) is 16.7 Å². The Hall–Kier alpha value is -5.61. The van der Waals surface area contributed by atoms with Crippen LogP contribution in [0.3, 0.4) is 0 Å². The Balaban J connectivity index is 1.25. The molecule has 0 amide bonds. The molecule has 3 aliphatic rings. The number of hydrogen-bond acceptors (Lipinski definition) is 4. The number of allylic oxidation sites excluding steroid dienone is 9. The van der Waals surface area contributed by atoms with E-state index in [0.717, 1.165) is 45.1 Å². The van der Waals surface area contributed by atoms with Gasteiger partial charge in [0.25, 0.3) is 0 Å². The fraction of sp³-hybridized carbons (Fsp3) is 0.0976. The molecule has 6 aromatic rings. The highest BCUT2D eigenvalue weighted by Crippen LogP contribution is 2.42. The maximum absolute atomic E-state index is 6.45. The number of aromatic nitrogens is 3. The first-order valence-corrected chi connectivity index (χ1v) is 15.6. The van der Waals surface area contributed by atoms with Gasteiger partial charge in [0.1, 0.15) is 11.2 Å². The third-order valence-electron chi connectivity index (χ3n) is 9.20. The number of nitrogens with zero attached hydrogens (tertiary/aromatic N) is 3. The predicted molar refractivity (Wildman–Crippen MR) is 182 cm³/mol. The summed E-state index contributed by atoms with van der Waals surface area (Å²) in [6.07, 6.45) is 21.0. The van der Waals surface area contributed by atoms with Crippen LogP contribution in [-0.2, 0) is 0 Å². The molecule has 0 radical (unpaired) electrons. The fourth-order valence-electron chi connectivity index (χ4n) is 6.95. The average Bonchev–Trinajstić information content (AvgIpc) is 3.50. The second kappa shape index (κ2) is 10.5. The zero-order chi connectivity index (χ0) is 29.7. The van der Waals surface area contributed by atoms with Gasteiger partial charge in [0.15, 0.2) is 17.5 Å². The standard InChI is InChI=1S/C41H29N3O/c1-3-11-26(12-4-1)31-24-35(38-34-17-9-10-18-36(34)45-37(38)25-31)41-43-39(28-14-5-2-6-15-28)42-40(44-41)30-21-22-33-29(23-30)20-19-27-13-7-8-16-32(27)33/h1-11,13-26,29,33H,12H2. The van der Waals surface area contributed by atoms with Gasteiger partial charge in [0.05, 0.1) is 0 Å². The van der Waals surface area contributed by atoms with Gasteiger partial charge in [-0.05, 0) is 41.3 Å². The zero-order valence-electron chi connectivity index (χ0n) is 24.5. The first-order chi connectivity index (χ1) is 22.3. The van der Waals surface area contributed by atoms with E-state index in [9.17, 15) is 0 Å². The monoisotopic (exact) mass is 579 g/mol. The van der Waals surface area contributed by atoms with Gasteiger partial charge in [0.2, 0.25) is 0 Å². The van der Waals surface area contributed by atoms with Crippen LogP contribution in [0.15, 0.2) is 144 Å². The topological polar surface area (TPSA) is 51.8 Å². The Kier molecular flexibility index (Phi) is 6.05. The average molecular weight is 580 g/mol. The first-order valence-electron chi connectivity index (χ1n) is 15.6. The lowest BCUT2D eigenvalue weighted by molar-refractivity contribution is 0.667. The summed E-state index contributed by atoms with van der Waals surface area (Å²) >= 11 is 0. The summed E-state index contributed by atoms with van der Waals surface area (Å²) in [6, 6.07) is 31.5. The van der Waals surface area contributed by atoms with Gasteiger partial charge in [0, 0.05) is 45.2 Å². The van der Waals surface area contributed by atoms with Crippen LogP contribution in [0.5, 0.6) is 0 Å². The van der Waals surface area contributed by atoms with E-state index in [-0.39, 0.29) is 11.8 Å². The molecule has 4 nitrogen and oxygen atoms in total. The summed E-state index contributed by atoms with van der Waals surface area (Å²) in [5.74, 6) is 2.77. The second-order valence-corrected chi connectivity index (χ2v) is 11.9. The molecule has 3 atom stereocenters. The number of benzene rings is 4. The third kappa shape index (κ3) is 4.49. The van der Waals surface area contributed by atoms with Crippen molar-refractivity contribution < 1.29 is 4.42 Å². The molecule has 9 rings (SSSR count). The number of furan rings is 1. The largest absolute Gasteiger partial charge is 0.456 e. The molecule has 0 saturated heterocycles. The zero-order valence-corrected chi connectivity index (χ0v) is 24.5. The smallest absolute Gasteiger partial charge is 0.164 e. The molecule has 3 unspecified atom stereocenters. The van der Waals surface area contributed by atoms with Crippen molar-refractivity contribution >= 4 is 33.6 Å². The van der Waals surface area contributed by atoms with Gasteiger partial charge in [-0.1, -0.05) is 127 Å². The van der Waals surface area contributed by atoms with Crippen molar-refractivity contribution in [1.82, 2.24) is 15.0 Å². The number of fused-ring (bicyclic) bond motifs is 6. The maximum atomic E-state index is 6.45. The lowest BCUT2D eigenvalue weighted by Gasteiger charge is -2.28. The molecule has 0 bridgehead atoms. The Morgan fingerprint density at radius 2 is 1.49 bits per heavy atom. The first kappa shape index (κ1) is 25.8. The molecule has 0 saturated carbocycles. The van der Waals surface area contributed by atoms with Crippen molar-refractivity contribution in [2.24, 2.45) is 5.92 Å². The van der Waals surface area contributed by atoms with Crippen LogP contribution in [0.4, 0.5) is 0 Å². The molecule has 3 aliphatic carbocycles. The Morgan fingerprint density at radius 1 is 0.667 bits per heavy atom. The third-order valence-corrected chi connectivity index (χ3v) is 9.20. The van der Waals surface area contributed by atoms with Crippen molar-refractivity contribution in [2.75, 3.05) is 0 Å². The van der Waals surface area contributed by atoms with Gasteiger partial charge in [-0.2, -0.15) is 0 Å². The van der Waals surface area contributed by atoms with E-state index in [1.807, 2.05) is 30.3 Å². The molecule has 4 aromatic carbocycles. The van der Waals surface area contributed by atoms with E-state index >= 15 is 0 Å². The van der Waals surface area contributed by atoms with Crippen molar-refractivity contribution in [3.63, 3.8) is 0 Å². The summed E-state index contributed by atoms with van der Waals surface area (Å²) in [4.78, 5) is 15.4. The molecule has 2 aromatic heterocycles. The summed E-state index contributed by atoms with van der Waals surface area (Å²) < 4.78 is 6.45. The summed E-state index contributed by atoms with van der Waals surface area (Å²) in [6.45, 7) is 0. The maximum Gasteiger partial charge on any atom is 0.164 e. The summed E-state index contributed by atoms with van der Waals surface area (Å²) in [7, 11) is 0. The highest BCUT2D eigenvalue weighted by Gasteiger charge is 2.27. The normalized spacial score (nSPS) is 19.9. The SMILES string of the molecule is C1=CCC(c2cc(-c3nc(C4=CC5C=Cc6ccccc6C5C=C4)nc(-c4ccccc4)n3)c3c(c2)oc2ccccc23)C=C1. The van der Waals surface area contributed by atoms with Crippen LogP contribution < -0.4 is 0 Å². The minimum Gasteiger partial charge on any atom is -0.456 e. The van der Waals surface area contributed by atoms with Gasteiger partial charge >= 0.3 is 0 Å². The molecule has 0 N–H and O–H groups in total. The molecular weight excluding hydrogens is 550 g/mol. The minimum absolute atomic E-state index is 0.235. The van der Waals surface area contributed by atoms with Crippen LogP contribution in [0.2, 0.25) is 0 Å². The highest BCUT2D eigenvalue weighted by atomic mass is 16.3. The number of para-hydroxylation sites is 1. The number of hydrogen-bond donors (Lipinski definition) is 0. The molecule has 2 heterocycles. The van der Waals surface area contributed by atoms with Gasteiger partial charge in [-0.3, -0.25) is 0 Å². The van der Waals surface area contributed by atoms with E-state index in [2.05, 4.69) is 115 Å². The van der Waals surface area contributed by atoms with E-state index in [0.29, 0.717) is 23.4 Å². The quantitative estimate of drug-likeness (QED) is 0.209. The fourth-order valence-corrected chi connectivity index (χ4v) is 6.95.